The van der Waals surface area contributed by atoms with Crippen LogP contribution in [0.25, 0.3) is 0 Å². The summed E-state index contributed by atoms with van der Waals surface area (Å²) in [5.74, 6) is -0.302. The number of nitrogens with zero attached hydrogens (tertiary/aromatic N) is 1. The van der Waals surface area contributed by atoms with Crippen molar-refractivity contribution in [2.45, 2.75) is 18.9 Å². The van der Waals surface area contributed by atoms with Crippen molar-refractivity contribution in [3.05, 3.63) is 27.7 Å². The normalized spacial score (nSPS) is 21.6. The average molecular weight is 326 g/mol. The lowest BCUT2D eigenvalue weighted by Gasteiger charge is -2.26. The SMILES string of the molecule is COC(=O)c1cc2c(cc1Br)CCN2C1CCOC1. The molecule has 0 aromatic heterocycles. The van der Waals surface area contributed by atoms with E-state index in [0.717, 1.165) is 42.8 Å². The van der Waals surface area contributed by atoms with Crippen LogP contribution in [0.15, 0.2) is 16.6 Å². The lowest BCUT2D eigenvalue weighted by atomic mass is 10.1. The van der Waals surface area contributed by atoms with E-state index in [1.807, 2.05) is 12.1 Å². The van der Waals surface area contributed by atoms with E-state index in [0.29, 0.717) is 11.6 Å². The molecule has 0 N–H and O–H groups in total. The van der Waals surface area contributed by atoms with Crippen LogP contribution in [0.1, 0.15) is 22.3 Å². The van der Waals surface area contributed by atoms with Gasteiger partial charge in [0.25, 0.3) is 0 Å². The number of carbonyl (C=O) groups excluding carboxylic acids is 1. The molecule has 0 radical (unpaired) electrons. The predicted molar refractivity (Wildman–Crippen MR) is 75.8 cm³/mol. The molecule has 1 unspecified atom stereocenters. The van der Waals surface area contributed by atoms with Gasteiger partial charge in [-0.1, -0.05) is 0 Å². The number of halogens is 1. The van der Waals surface area contributed by atoms with E-state index in [2.05, 4.69) is 20.8 Å². The third kappa shape index (κ3) is 2.25. The molecule has 1 saturated heterocycles. The van der Waals surface area contributed by atoms with Gasteiger partial charge in [-0.3, -0.25) is 0 Å². The lowest BCUT2D eigenvalue weighted by molar-refractivity contribution is 0.0599. The van der Waals surface area contributed by atoms with Crippen molar-refractivity contribution in [2.24, 2.45) is 0 Å². The third-order valence-corrected chi connectivity index (χ3v) is 4.51. The van der Waals surface area contributed by atoms with E-state index < -0.39 is 0 Å². The second-order valence-corrected chi connectivity index (χ2v) is 5.77. The summed E-state index contributed by atoms with van der Waals surface area (Å²) in [6.45, 7) is 2.61. The van der Waals surface area contributed by atoms with Crippen LogP contribution in [0.3, 0.4) is 0 Å². The van der Waals surface area contributed by atoms with Gasteiger partial charge in [-0.2, -0.15) is 0 Å². The fraction of sp³-hybridized carbons (Fsp3) is 0.500. The monoisotopic (exact) mass is 325 g/mol. The largest absolute Gasteiger partial charge is 0.465 e. The molecule has 1 aromatic carbocycles. The van der Waals surface area contributed by atoms with Gasteiger partial charge in [-0.15, -0.1) is 0 Å². The summed E-state index contributed by atoms with van der Waals surface area (Å²) in [5, 5.41) is 0. The highest BCUT2D eigenvalue weighted by Gasteiger charge is 2.30. The highest BCUT2D eigenvalue weighted by atomic mass is 79.9. The Kier molecular flexibility index (Phi) is 3.50. The molecule has 1 aromatic rings. The topological polar surface area (TPSA) is 38.8 Å². The number of hydrogen-bond donors (Lipinski definition) is 0. The van der Waals surface area contributed by atoms with Crippen molar-refractivity contribution >= 4 is 27.6 Å². The van der Waals surface area contributed by atoms with Gasteiger partial charge >= 0.3 is 5.97 Å². The molecule has 0 spiro atoms. The molecular formula is C14H16BrNO3. The molecule has 0 saturated carbocycles. The lowest BCUT2D eigenvalue weighted by Crippen LogP contribution is -2.34. The molecule has 2 aliphatic rings. The smallest absolute Gasteiger partial charge is 0.339 e. The first-order valence-electron chi connectivity index (χ1n) is 6.46. The maximum Gasteiger partial charge on any atom is 0.339 e. The minimum absolute atomic E-state index is 0.302. The van der Waals surface area contributed by atoms with Crippen LogP contribution >= 0.6 is 15.9 Å². The Balaban J connectivity index is 1.97. The molecule has 0 bridgehead atoms. The van der Waals surface area contributed by atoms with Gasteiger partial charge in [0.2, 0.25) is 0 Å². The Labute approximate surface area is 120 Å². The highest BCUT2D eigenvalue weighted by molar-refractivity contribution is 9.10. The van der Waals surface area contributed by atoms with E-state index in [9.17, 15) is 4.79 Å². The average Bonchev–Trinajstić information content (AvgIpc) is 3.04. The van der Waals surface area contributed by atoms with Gasteiger partial charge in [0.15, 0.2) is 0 Å². The fourth-order valence-electron chi connectivity index (χ4n) is 2.85. The zero-order valence-electron chi connectivity index (χ0n) is 10.8. The summed E-state index contributed by atoms with van der Waals surface area (Å²) < 4.78 is 11.1. The van der Waals surface area contributed by atoms with Crippen molar-refractivity contribution in [1.29, 1.82) is 0 Å². The Morgan fingerprint density at radius 2 is 2.37 bits per heavy atom. The van der Waals surface area contributed by atoms with Gasteiger partial charge in [-0.05, 0) is 46.5 Å². The van der Waals surface area contributed by atoms with Crippen molar-refractivity contribution in [1.82, 2.24) is 0 Å². The Bertz CT molecular complexity index is 512. The molecule has 0 amide bonds. The van der Waals surface area contributed by atoms with Crippen molar-refractivity contribution in [3.8, 4) is 0 Å². The van der Waals surface area contributed by atoms with Crippen LogP contribution in [0.4, 0.5) is 5.69 Å². The third-order valence-electron chi connectivity index (χ3n) is 3.85. The van der Waals surface area contributed by atoms with Gasteiger partial charge < -0.3 is 14.4 Å². The maximum absolute atomic E-state index is 11.8. The predicted octanol–water partition coefficient (Wildman–Crippen LogP) is 2.39. The van der Waals surface area contributed by atoms with Gasteiger partial charge in [0, 0.05) is 23.3 Å². The highest BCUT2D eigenvalue weighted by Crippen LogP contribution is 2.36. The molecule has 0 aliphatic carbocycles. The van der Waals surface area contributed by atoms with Crippen LogP contribution in [-0.4, -0.2) is 38.9 Å². The summed E-state index contributed by atoms with van der Waals surface area (Å²) in [6, 6.07) is 4.42. The van der Waals surface area contributed by atoms with E-state index in [-0.39, 0.29) is 5.97 Å². The molecule has 102 valence electrons. The Hall–Kier alpha value is -1.07. The number of hydrogen-bond acceptors (Lipinski definition) is 4. The molecule has 1 atom stereocenters. The molecule has 1 fully saturated rings. The second kappa shape index (κ2) is 5.13. The number of carbonyl (C=O) groups is 1. The van der Waals surface area contributed by atoms with E-state index in [4.69, 9.17) is 9.47 Å². The van der Waals surface area contributed by atoms with Gasteiger partial charge in [-0.25, -0.2) is 4.79 Å². The number of esters is 1. The van der Waals surface area contributed by atoms with Gasteiger partial charge in [0.1, 0.15) is 0 Å². The quantitative estimate of drug-likeness (QED) is 0.783. The first kappa shape index (κ1) is 12.9. The number of benzene rings is 1. The van der Waals surface area contributed by atoms with E-state index in [1.165, 1.54) is 12.7 Å². The molecule has 3 rings (SSSR count). The van der Waals surface area contributed by atoms with Crippen molar-refractivity contribution < 1.29 is 14.3 Å². The van der Waals surface area contributed by atoms with Crippen LogP contribution < -0.4 is 4.90 Å². The number of fused-ring (bicyclic) bond motifs is 1. The number of ether oxygens (including phenoxy) is 2. The summed E-state index contributed by atoms with van der Waals surface area (Å²) >= 11 is 3.45. The second-order valence-electron chi connectivity index (χ2n) is 4.91. The van der Waals surface area contributed by atoms with Crippen LogP contribution in [0.2, 0.25) is 0 Å². The first-order valence-corrected chi connectivity index (χ1v) is 7.25. The van der Waals surface area contributed by atoms with E-state index >= 15 is 0 Å². The van der Waals surface area contributed by atoms with Gasteiger partial charge in [0.05, 0.1) is 25.3 Å². The molecule has 4 nitrogen and oxygen atoms in total. The number of anilines is 1. The number of methoxy groups -OCH3 is 1. The summed E-state index contributed by atoms with van der Waals surface area (Å²) in [4.78, 5) is 14.1. The minimum Gasteiger partial charge on any atom is -0.465 e. The van der Waals surface area contributed by atoms with Crippen molar-refractivity contribution in [3.63, 3.8) is 0 Å². The fourth-order valence-corrected chi connectivity index (χ4v) is 3.40. The van der Waals surface area contributed by atoms with Crippen molar-refractivity contribution in [2.75, 3.05) is 31.8 Å². The molecular weight excluding hydrogens is 310 g/mol. The van der Waals surface area contributed by atoms with Crippen LogP contribution in [0.5, 0.6) is 0 Å². The maximum atomic E-state index is 11.8. The standard InChI is InChI=1S/C14H16BrNO3/c1-18-14(17)11-7-13-9(6-12(11)15)2-4-16(13)10-3-5-19-8-10/h6-7,10H,2-5,8H2,1H3. The molecule has 2 aliphatic heterocycles. The number of rotatable bonds is 2. The first-order chi connectivity index (χ1) is 9.20. The molecule has 5 heteroatoms. The van der Waals surface area contributed by atoms with Crippen LogP contribution in [0, 0.1) is 0 Å². The summed E-state index contributed by atoms with van der Waals surface area (Å²) in [5.41, 5.74) is 3.03. The van der Waals surface area contributed by atoms with Crippen LogP contribution in [-0.2, 0) is 15.9 Å². The van der Waals surface area contributed by atoms with E-state index in [1.54, 1.807) is 0 Å². The Morgan fingerprint density at radius 3 is 3.05 bits per heavy atom. The zero-order chi connectivity index (χ0) is 13.4. The Morgan fingerprint density at radius 1 is 1.53 bits per heavy atom. The zero-order valence-corrected chi connectivity index (χ0v) is 12.4. The minimum atomic E-state index is -0.302. The summed E-state index contributed by atoms with van der Waals surface area (Å²) in [7, 11) is 1.41. The summed E-state index contributed by atoms with van der Waals surface area (Å²) in [6.07, 6.45) is 2.08. The molecule has 19 heavy (non-hydrogen) atoms. The molecule has 2 heterocycles.